The Balaban J connectivity index is 1.37. The molecule has 0 unspecified atom stereocenters. The number of carbonyl (C=O) groups is 3. The van der Waals surface area contributed by atoms with Gasteiger partial charge in [-0.25, -0.2) is 0 Å². The van der Waals surface area contributed by atoms with Crippen LogP contribution in [0.4, 0.5) is 5.00 Å². The molecule has 4 rings (SSSR count). The van der Waals surface area contributed by atoms with Gasteiger partial charge in [-0.2, -0.15) is 0 Å². The summed E-state index contributed by atoms with van der Waals surface area (Å²) in [6.45, 7) is 3.80. The first kappa shape index (κ1) is 24.9. The standard InChI is InChI=1S/C24H28N6O3S2/c1-13-8-10-15(11-9-13)22(33)26-14(2)21-28-29-24(30(21)3)34-12-18(31)27-23-19(20(25)32)16-6-4-5-7-17(16)35-23/h8-11,14H,4-7,12H2,1-3H3,(H2,25,32)(H,26,33)(H,27,31)/t14-/m1/s1. The van der Waals surface area contributed by atoms with Gasteiger partial charge >= 0.3 is 0 Å². The predicted octanol–water partition coefficient (Wildman–Crippen LogP) is 3.38. The summed E-state index contributed by atoms with van der Waals surface area (Å²) in [5.74, 6) is -0.279. The number of nitrogens with zero attached hydrogens (tertiary/aromatic N) is 3. The smallest absolute Gasteiger partial charge is 0.251 e. The number of rotatable bonds is 8. The zero-order valence-electron chi connectivity index (χ0n) is 19.9. The van der Waals surface area contributed by atoms with Gasteiger partial charge in [0.15, 0.2) is 11.0 Å². The van der Waals surface area contributed by atoms with Crippen molar-refractivity contribution in [2.45, 2.75) is 50.7 Å². The first-order valence-electron chi connectivity index (χ1n) is 11.4. The summed E-state index contributed by atoms with van der Waals surface area (Å²) in [5.41, 5.74) is 8.69. The highest BCUT2D eigenvalue weighted by atomic mass is 32.2. The number of nitrogens with two attached hydrogens (primary N) is 1. The molecule has 3 aromatic rings. The van der Waals surface area contributed by atoms with E-state index in [1.807, 2.05) is 26.0 Å². The number of nitrogens with one attached hydrogen (secondary N) is 2. The molecule has 184 valence electrons. The van der Waals surface area contributed by atoms with Crippen molar-refractivity contribution in [1.82, 2.24) is 20.1 Å². The lowest BCUT2D eigenvalue weighted by atomic mass is 9.95. The SMILES string of the molecule is Cc1ccc(C(=O)N[C@H](C)c2nnc(SCC(=O)Nc3sc4c(c3C(N)=O)CCCC4)n2C)cc1. The number of primary amides is 1. The number of hydrogen-bond acceptors (Lipinski definition) is 7. The van der Waals surface area contributed by atoms with E-state index in [9.17, 15) is 14.4 Å². The Labute approximate surface area is 211 Å². The van der Waals surface area contributed by atoms with Gasteiger partial charge in [-0.3, -0.25) is 14.4 Å². The number of aryl methyl sites for hydroxylation is 2. The molecular formula is C24H28N6O3S2. The monoisotopic (exact) mass is 512 g/mol. The Morgan fingerprint density at radius 1 is 1.17 bits per heavy atom. The van der Waals surface area contributed by atoms with Gasteiger partial charge in [-0.1, -0.05) is 29.5 Å². The van der Waals surface area contributed by atoms with Crippen LogP contribution in [0.5, 0.6) is 0 Å². The minimum absolute atomic E-state index is 0.0941. The number of anilines is 1. The molecule has 4 N–H and O–H groups in total. The maximum absolute atomic E-state index is 12.7. The van der Waals surface area contributed by atoms with Gasteiger partial charge in [0.2, 0.25) is 5.91 Å². The number of carbonyl (C=O) groups excluding carboxylic acids is 3. The highest BCUT2D eigenvalue weighted by Crippen LogP contribution is 2.38. The van der Waals surface area contributed by atoms with Crippen molar-refractivity contribution < 1.29 is 14.4 Å². The molecule has 2 heterocycles. The van der Waals surface area contributed by atoms with Gasteiger partial charge in [0.05, 0.1) is 17.4 Å². The van der Waals surface area contributed by atoms with Crippen molar-refractivity contribution >= 4 is 45.8 Å². The predicted molar refractivity (Wildman–Crippen MR) is 137 cm³/mol. The second-order valence-corrected chi connectivity index (χ2v) is 10.6. The first-order chi connectivity index (χ1) is 16.7. The Morgan fingerprint density at radius 2 is 1.89 bits per heavy atom. The highest BCUT2D eigenvalue weighted by Gasteiger charge is 2.25. The lowest BCUT2D eigenvalue weighted by molar-refractivity contribution is -0.113. The van der Waals surface area contributed by atoms with Crippen LogP contribution in [-0.2, 0) is 24.7 Å². The zero-order chi connectivity index (χ0) is 25.1. The van der Waals surface area contributed by atoms with Gasteiger partial charge in [0.25, 0.3) is 11.8 Å². The molecule has 11 heteroatoms. The van der Waals surface area contributed by atoms with Crippen molar-refractivity contribution in [3.05, 3.63) is 57.2 Å². The number of thiophene rings is 1. The highest BCUT2D eigenvalue weighted by molar-refractivity contribution is 7.99. The molecule has 0 spiro atoms. The molecule has 0 saturated heterocycles. The fourth-order valence-electron chi connectivity index (χ4n) is 4.09. The second-order valence-electron chi connectivity index (χ2n) is 8.58. The van der Waals surface area contributed by atoms with E-state index < -0.39 is 5.91 Å². The molecule has 0 radical (unpaired) electrons. The third-order valence-electron chi connectivity index (χ3n) is 5.92. The van der Waals surface area contributed by atoms with Crippen molar-refractivity contribution in [2.75, 3.05) is 11.1 Å². The summed E-state index contributed by atoms with van der Waals surface area (Å²) in [6, 6.07) is 6.96. The van der Waals surface area contributed by atoms with Gasteiger partial charge in [-0.15, -0.1) is 21.5 Å². The lowest BCUT2D eigenvalue weighted by Crippen LogP contribution is -2.28. The molecule has 2 aromatic heterocycles. The van der Waals surface area contributed by atoms with Crippen LogP contribution in [0.15, 0.2) is 29.4 Å². The van der Waals surface area contributed by atoms with Crippen LogP contribution in [0, 0.1) is 6.92 Å². The number of thioether (sulfide) groups is 1. The second kappa shape index (κ2) is 10.6. The van der Waals surface area contributed by atoms with Gasteiger partial charge < -0.3 is 20.9 Å². The molecule has 0 bridgehead atoms. The fourth-order valence-corrected chi connectivity index (χ4v) is 6.11. The normalized spacial score (nSPS) is 13.7. The number of fused-ring (bicyclic) bond motifs is 1. The summed E-state index contributed by atoms with van der Waals surface area (Å²) in [5, 5.41) is 15.3. The third kappa shape index (κ3) is 5.57. The Kier molecular flexibility index (Phi) is 7.56. The molecule has 35 heavy (non-hydrogen) atoms. The van der Waals surface area contributed by atoms with Crippen LogP contribution in [0.25, 0.3) is 0 Å². The van der Waals surface area contributed by atoms with Crippen molar-refractivity contribution in [1.29, 1.82) is 0 Å². The quantitative estimate of drug-likeness (QED) is 0.397. The minimum Gasteiger partial charge on any atom is -0.365 e. The molecule has 0 saturated carbocycles. The summed E-state index contributed by atoms with van der Waals surface area (Å²) < 4.78 is 1.76. The Bertz CT molecular complexity index is 1270. The molecule has 1 aromatic carbocycles. The maximum Gasteiger partial charge on any atom is 0.251 e. The Hall–Kier alpha value is -3.18. The van der Waals surface area contributed by atoms with Crippen LogP contribution in [0.3, 0.4) is 0 Å². The molecular weight excluding hydrogens is 484 g/mol. The van der Waals surface area contributed by atoms with E-state index in [2.05, 4.69) is 20.8 Å². The van der Waals surface area contributed by atoms with Crippen molar-refractivity contribution in [3.8, 4) is 0 Å². The molecule has 1 atom stereocenters. The van der Waals surface area contributed by atoms with Crippen LogP contribution < -0.4 is 16.4 Å². The molecule has 0 aliphatic heterocycles. The van der Waals surface area contributed by atoms with Gasteiger partial charge in [0, 0.05) is 17.5 Å². The van der Waals surface area contributed by atoms with Crippen LogP contribution >= 0.6 is 23.1 Å². The molecule has 9 nitrogen and oxygen atoms in total. The average molecular weight is 513 g/mol. The molecule has 3 amide bonds. The summed E-state index contributed by atoms with van der Waals surface area (Å²) in [7, 11) is 1.79. The minimum atomic E-state index is -0.507. The van der Waals surface area contributed by atoms with Crippen molar-refractivity contribution in [2.24, 2.45) is 12.8 Å². The zero-order valence-corrected chi connectivity index (χ0v) is 21.5. The van der Waals surface area contributed by atoms with E-state index >= 15 is 0 Å². The molecule has 0 fully saturated rings. The maximum atomic E-state index is 12.7. The third-order valence-corrected chi connectivity index (χ3v) is 8.15. The number of aromatic nitrogens is 3. The van der Waals surface area contributed by atoms with Crippen LogP contribution in [0.1, 0.15) is 68.4 Å². The summed E-state index contributed by atoms with van der Waals surface area (Å²) >= 11 is 2.67. The molecule has 1 aliphatic rings. The lowest BCUT2D eigenvalue weighted by Gasteiger charge is -2.13. The van der Waals surface area contributed by atoms with Gasteiger partial charge in [0.1, 0.15) is 5.00 Å². The topological polar surface area (TPSA) is 132 Å². The first-order valence-corrected chi connectivity index (χ1v) is 13.2. The molecule has 1 aliphatic carbocycles. The summed E-state index contributed by atoms with van der Waals surface area (Å²) in [6.07, 6.45) is 3.82. The largest absolute Gasteiger partial charge is 0.365 e. The van der Waals surface area contributed by atoms with E-state index in [4.69, 9.17) is 5.73 Å². The average Bonchev–Trinajstić information content (AvgIpc) is 3.37. The van der Waals surface area contributed by atoms with Crippen LogP contribution in [0.2, 0.25) is 0 Å². The van der Waals surface area contributed by atoms with Gasteiger partial charge in [-0.05, 0) is 57.2 Å². The van der Waals surface area contributed by atoms with E-state index in [0.29, 0.717) is 27.1 Å². The van der Waals surface area contributed by atoms with Crippen LogP contribution in [-0.4, -0.2) is 38.2 Å². The van der Waals surface area contributed by atoms with E-state index in [1.165, 1.54) is 23.1 Å². The van der Waals surface area contributed by atoms with E-state index in [1.54, 1.807) is 23.7 Å². The van der Waals surface area contributed by atoms with E-state index in [0.717, 1.165) is 41.7 Å². The van der Waals surface area contributed by atoms with E-state index in [-0.39, 0.29) is 23.6 Å². The van der Waals surface area contributed by atoms with Crippen molar-refractivity contribution in [3.63, 3.8) is 0 Å². The number of hydrogen-bond donors (Lipinski definition) is 3. The fraction of sp³-hybridized carbons (Fsp3) is 0.375. The number of benzene rings is 1. The summed E-state index contributed by atoms with van der Waals surface area (Å²) in [4.78, 5) is 38.4. The number of amides is 3. The Morgan fingerprint density at radius 3 is 2.60 bits per heavy atom.